The van der Waals surface area contributed by atoms with Crippen molar-refractivity contribution in [2.75, 3.05) is 11.8 Å². The van der Waals surface area contributed by atoms with Crippen molar-refractivity contribution in [2.45, 2.75) is 11.8 Å². The number of ether oxygens (including phenoxy) is 1. The minimum atomic E-state index is -4.07. The van der Waals surface area contributed by atoms with E-state index < -0.39 is 27.5 Å². The van der Waals surface area contributed by atoms with Crippen molar-refractivity contribution >= 4 is 21.7 Å². The van der Waals surface area contributed by atoms with Gasteiger partial charge >= 0.3 is 5.97 Å². The molecule has 0 aliphatic heterocycles. The van der Waals surface area contributed by atoms with Gasteiger partial charge in [-0.25, -0.2) is 17.6 Å². The van der Waals surface area contributed by atoms with Crippen molar-refractivity contribution in [3.05, 3.63) is 53.3 Å². The maximum absolute atomic E-state index is 13.8. The van der Waals surface area contributed by atoms with E-state index in [1.165, 1.54) is 25.3 Å². The lowest BCUT2D eigenvalue weighted by Crippen LogP contribution is -2.15. The molecule has 0 bridgehead atoms. The van der Waals surface area contributed by atoms with Crippen LogP contribution in [0.4, 0.5) is 10.1 Å². The predicted molar refractivity (Wildman–Crippen MR) is 81.9 cm³/mol. The van der Waals surface area contributed by atoms with Crippen LogP contribution < -0.4 is 9.46 Å². The Labute approximate surface area is 132 Å². The van der Waals surface area contributed by atoms with Crippen LogP contribution in [0.25, 0.3) is 0 Å². The van der Waals surface area contributed by atoms with E-state index in [2.05, 4.69) is 4.72 Å². The third-order valence-corrected chi connectivity index (χ3v) is 4.65. The summed E-state index contributed by atoms with van der Waals surface area (Å²) < 4.78 is 45.6. The zero-order valence-corrected chi connectivity index (χ0v) is 13.1. The zero-order chi connectivity index (χ0) is 17.2. The molecule has 0 aliphatic rings. The molecule has 0 aromatic heterocycles. The SMILES string of the molecule is COc1ccc(S(=O)(=O)Nc2cc(C(=O)O)ccc2F)c(C)c1. The fourth-order valence-electron chi connectivity index (χ4n) is 1.99. The third-order valence-electron chi connectivity index (χ3n) is 3.13. The van der Waals surface area contributed by atoms with Crippen molar-refractivity contribution in [3.8, 4) is 5.75 Å². The van der Waals surface area contributed by atoms with Crippen LogP contribution in [0.3, 0.4) is 0 Å². The second-order valence-electron chi connectivity index (χ2n) is 4.74. The molecule has 0 spiro atoms. The summed E-state index contributed by atoms with van der Waals surface area (Å²) in [6.45, 7) is 1.57. The van der Waals surface area contributed by atoms with Crippen molar-refractivity contribution in [1.29, 1.82) is 0 Å². The van der Waals surface area contributed by atoms with E-state index in [0.717, 1.165) is 18.2 Å². The van der Waals surface area contributed by atoms with Gasteiger partial charge in [-0.1, -0.05) is 0 Å². The lowest BCUT2D eigenvalue weighted by Gasteiger charge is -2.12. The Balaban J connectivity index is 2.42. The number of hydrogen-bond acceptors (Lipinski definition) is 4. The molecule has 0 amide bonds. The monoisotopic (exact) mass is 339 g/mol. The minimum Gasteiger partial charge on any atom is -0.497 e. The smallest absolute Gasteiger partial charge is 0.335 e. The Morgan fingerprint density at radius 3 is 2.48 bits per heavy atom. The van der Waals surface area contributed by atoms with Gasteiger partial charge in [0.1, 0.15) is 11.6 Å². The molecule has 0 saturated heterocycles. The number of anilines is 1. The molecule has 0 atom stereocenters. The van der Waals surface area contributed by atoms with E-state index in [0.29, 0.717) is 11.3 Å². The summed E-state index contributed by atoms with van der Waals surface area (Å²) in [5, 5.41) is 8.90. The first-order valence-corrected chi connectivity index (χ1v) is 7.93. The number of aromatic carboxylic acids is 1. The van der Waals surface area contributed by atoms with Gasteiger partial charge in [-0.15, -0.1) is 0 Å². The molecular weight excluding hydrogens is 325 g/mol. The number of benzene rings is 2. The van der Waals surface area contributed by atoms with Gasteiger partial charge < -0.3 is 9.84 Å². The molecule has 0 saturated carbocycles. The Kier molecular flexibility index (Phi) is 4.55. The number of nitrogens with one attached hydrogen (secondary N) is 1. The topological polar surface area (TPSA) is 92.7 Å². The van der Waals surface area contributed by atoms with E-state index in [4.69, 9.17) is 9.84 Å². The van der Waals surface area contributed by atoms with Gasteiger partial charge in [-0.05, 0) is 48.9 Å². The molecule has 6 nitrogen and oxygen atoms in total. The fraction of sp³-hybridized carbons (Fsp3) is 0.133. The van der Waals surface area contributed by atoms with Crippen LogP contribution in [0.1, 0.15) is 15.9 Å². The van der Waals surface area contributed by atoms with E-state index in [1.54, 1.807) is 6.92 Å². The first-order chi connectivity index (χ1) is 10.7. The number of halogens is 1. The first-order valence-electron chi connectivity index (χ1n) is 6.45. The number of carboxylic acid groups (broad SMARTS) is 1. The normalized spacial score (nSPS) is 11.1. The van der Waals surface area contributed by atoms with E-state index in [1.807, 2.05) is 0 Å². The van der Waals surface area contributed by atoms with Gasteiger partial charge in [0.25, 0.3) is 10.0 Å². The number of carbonyl (C=O) groups is 1. The number of sulfonamides is 1. The van der Waals surface area contributed by atoms with Gasteiger partial charge in [0.15, 0.2) is 0 Å². The summed E-state index contributed by atoms with van der Waals surface area (Å²) >= 11 is 0. The van der Waals surface area contributed by atoms with Crippen LogP contribution in [0.2, 0.25) is 0 Å². The summed E-state index contributed by atoms with van der Waals surface area (Å²) in [6.07, 6.45) is 0. The molecule has 0 aliphatic carbocycles. The van der Waals surface area contributed by atoms with Gasteiger partial charge in [-0.3, -0.25) is 4.72 Å². The second-order valence-corrected chi connectivity index (χ2v) is 6.39. The fourth-order valence-corrected chi connectivity index (χ4v) is 3.27. The molecule has 0 radical (unpaired) electrons. The molecule has 2 aromatic carbocycles. The number of methoxy groups -OCH3 is 1. The summed E-state index contributed by atoms with van der Waals surface area (Å²) in [7, 11) is -2.62. The molecule has 2 aromatic rings. The third kappa shape index (κ3) is 3.59. The highest BCUT2D eigenvalue weighted by molar-refractivity contribution is 7.92. The Morgan fingerprint density at radius 2 is 1.91 bits per heavy atom. The molecule has 23 heavy (non-hydrogen) atoms. The average molecular weight is 339 g/mol. The van der Waals surface area contributed by atoms with Gasteiger partial charge in [0.05, 0.1) is 23.3 Å². The van der Waals surface area contributed by atoms with E-state index >= 15 is 0 Å². The highest BCUT2D eigenvalue weighted by Gasteiger charge is 2.20. The number of carboxylic acids is 1. The minimum absolute atomic E-state index is 0.0570. The van der Waals surface area contributed by atoms with Crippen molar-refractivity contribution in [3.63, 3.8) is 0 Å². The first kappa shape index (κ1) is 16.8. The Hall–Kier alpha value is -2.61. The molecule has 8 heteroatoms. The number of hydrogen-bond donors (Lipinski definition) is 2. The van der Waals surface area contributed by atoms with Crippen molar-refractivity contribution < 1.29 is 27.4 Å². The van der Waals surface area contributed by atoms with Gasteiger partial charge in [0.2, 0.25) is 0 Å². The summed E-state index contributed by atoms with van der Waals surface area (Å²) in [5.41, 5.74) is -0.248. The van der Waals surface area contributed by atoms with Gasteiger partial charge in [0, 0.05) is 0 Å². The van der Waals surface area contributed by atoms with Crippen LogP contribution in [-0.4, -0.2) is 26.6 Å². The maximum Gasteiger partial charge on any atom is 0.335 e. The highest BCUT2D eigenvalue weighted by atomic mass is 32.2. The van der Waals surface area contributed by atoms with E-state index in [9.17, 15) is 17.6 Å². The molecule has 122 valence electrons. The van der Waals surface area contributed by atoms with Crippen molar-refractivity contribution in [2.24, 2.45) is 0 Å². The summed E-state index contributed by atoms with van der Waals surface area (Å²) in [4.78, 5) is 10.9. The van der Waals surface area contributed by atoms with Crippen LogP contribution >= 0.6 is 0 Å². The molecule has 0 heterocycles. The number of aryl methyl sites for hydroxylation is 1. The second kappa shape index (κ2) is 6.25. The average Bonchev–Trinajstić information content (AvgIpc) is 2.48. The zero-order valence-electron chi connectivity index (χ0n) is 12.3. The highest BCUT2D eigenvalue weighted by Crippen LogP contribution is 2.25. The quantitative estimate of drug-likeness (QED) is 0.873. The molecule has 0 fully saturated rings. The van der Waals surface area contributed by atoms with Crippen LogP contribution in [0.15, 0.2) is 41.3 Å². The Bertz CT molecular complexity index is 864. The standard InChI is InChI=1S/C15H14FNO5S/c1-9-7-11(22-2)4-6-14(9)23(20,21)17-13-8-10(15(18)19)3-5-12(13)16/h3-8,17H,1-2H3,(H,18,19). The molecule has 2 N–H and O–H groups in total. The van der Waals surface area contributed by atoms with E-state index in [-0.39, 0.29) is 10.5 Å². The van der Waals surface area contributed by atoms with Crippen LogP contribution in [0.5, 0.6) is 5.75 Å². The molecule has 2 rings (SSSR count). The maximum atomic E-state index is 13.8. The van der Waals surface area contributed by atoms with Gasteiger partial charge in [-0.2, -0.15) is 0 Å². The lowest BCUT2D eigenvalue weighted by atomic mass is 10.2. The van der Waals surface area contributed by atoms with Crippen LogP contribution in [-0.2, 0) is 10.0 Å². The summed E-state index contributed by atoms with van der Waals surface area (Å²) in [6, 6.07) is 7.18. The van der Waals surface area contributed by atoms with Crippen molar-refractivity contribution in [1.82, 2.24) is 0 Å². The molecule has 0 unspecified atom stereocenters. The predicted octanol–water partition coefficient (Wildman–Crippen LogP) is 2.64. The number of rotatable bonds is 5. The summed E-state index contributed by atoms with van der Waals surface area (Å²) in [5.74, 6) is -1.67. The lowest BCUT2D eigenvalue weighted by molar-refractivity contribution is 0.0697. The Morgan fingerprint density at radius 1 is 1.22 bits per heavy atom. The van der Waals surface area contributed by atoms with Crippen LogP contribution in [0, 0.1) is 12.7 Å². The largest absolute Gasteiger partial charge is 0.497 e. The molecular formula is C15H14FNO5S.